The maximum Gasteiger partial charge on any atom is 0.274 e. The van der Waals surface area contributed by atoms with E-state index < -0.39 is 39.5 Å². The quantitative estimate of drug-likeness (QED) is 0.290. The Morgan fingerprint density at radius 3 is 2.24 bits per heavy atom. The Labute approximate surface area is 234 Å². The number of halogens is 2. The molecule has 1 unspecified atom stereocenters. The van der Waals surface area contributed by atoms with Crippen LogP contribution in [0.3, 0.4) is 0 Å². The van der Waals surface area contributed by atoms with Gasteiger partial charge in [0.1, 0.15) is 23.4 Å². The van der Waals surface area contributed by atoms with Crippen LogP contribution in [0.4, 0.5) is 14.5 Å². The average Bonchev–Trinajstić information content (AvgIpc) is 3.40. The Bertz CT molecular complexity index is 1640. The number of methoxy groups -OCH3 is 1. The SMILES string of the molecule is COc1ccc(N(C)C(=O)C(Cc2cc(F)cc(F)c2)NC(=O)c2cn(Cc3ccc(S(N)(=O)=O)cc3)nn2)cc1. The summed E-state index contributed by atoms with van der Waals surface area (Å²) < 4.78 is 57.1. The number of amides is 2. The number of hydrogen-bond acceptors (Lipinski definition) is 7. The summed E-state index contributed by atoms with van der Waals surface area (Å²) in [6.07, 6.45) is 1.14. The van der Waals surface area contributed by atoms with Gasteiger partial charge in [-0.25, -0.2) is 27.0 Å². The van der Waals surface area contributed by atoms with Crippen molar-refractivity contribution in [3.05, 3.63) is 101 Å². The van der Waals surface area contributed by atoms with Gasteiger partial charge in [0.15, 0.2) is 5.69 Å². The first-order chi connectivity index (χ1) is 19.4. The van der Waals surface area contributed by atoms with Crippen molar-refractivity contribution in [1.82, 2.24) is 20.3 Å². The molecule has 1 atom stereocenters. The second-order valence-electron chi connectivity index (χ2n) is 9.09. The number of nitrogens with two attached hydrogens (primary N) is 1. The summed E-state index contributed by atoms with van der Waals surface area (Å²) >= 11 is 0. The van der Waals surface area contributed by atoms with E-state index in [1.807, 2.05) is 0 Å². The van der Waals surface area contributed by atoms with Gasteiger partial charge in [-0.15, -0.1) is 5.10 Å². The van der Waals surface area contributed by atoms with Gasteiger partial charge in [-0.2, -0.15) is 0 Å². The molecule has 41 heavy (non-hydrogen) atoms. The zero-order valence-electron chi connectivity index (χ0n) is 22.0. The predicted octanol–water partition coefficient (Wildman–Crippen LogP) is 2.26. The lowest BCUT2D eigenvalue weighted by atomic mass is 10.0. The van der Waals surface area contributed by atoms with E-state index in [1.165, 1.54) is 42.1 Å². The molecule has 0 saturated carbocycles. The van der Waals surface area contributed by atoms with Crippen molar-refractivity contribution >= 4 is 27.5 Å². The zero-order chi connectivity index (χ0) is 29.7. The molecule has 1 heterocycles. The van der Waals surface area contributed by atoms with Crippen molar-refractivity contribution in [3.8, 4) is 5.75 Å². The predicted molar refractivity (Wildman–Crippen MR) is 145 cm³/mol. The van der Waals surface area contributed by atoms with E-state index in [9.17, 15) is 26.8 Å². The second-order valence-corrected chi connectivity index (χ2v) is 10.7. The minimum atomic E-state index is -3.84. The van der Waals surface area contributed by atoms with Crippen molar-refractivity contribution in [2.24, 2.45) is 5.14 Å². The molecule has 214 valence electrons. The number of sulfonamides is 1. The number of nitrogens with zero attached hydrogens (tertiary/aromatic N) is 4. The molecule has 3 aromatic carbocycles. The summed E-state index contributed by atoms with van der Waals surface area (Å²) in [7, 11) is -0.824. The minimum Gasteiger partial charge on any atom is -0.497 e. The summed E-state index contributed by atoms with van der Waals surface area (Å²) in [5.74, 6) is -2.34. The van der Waals surface area contributed by atoms with E-state index in [4.69, 9.17) is 9.88 Å². The molecule has 14 heteroatoms. The van der Waals surface area contributed by atoms with E-state index >= 15 is 0 Å². The highest BCUT2D eigenvalue weighted by atomic mass is 32.2. The third-order valence-corrected chi connectivity index (χ3v) is 7.05. The molecule has 0 radical (unpaired) electrons. The van der Waals surface area contributed by atoms with E-state index in [2.05, 4.69) is 15.6 Å². The van der Waals surface area contributed by atoms with E-state index in [-0.39, 0.29) is 29.1 Å². The molecular weight excluding hydrogens is 558 g/mol. The summed E-state index contributed by atoms with van der Waals surface area (Å²) in [4.78, 5) is 27.8. The van der Waals surface area contributed by atoms with E-state index in [0.29, 0.717) is 23.1 Å². The van der Waals surface area contributed by atoms with Gasteiger partial charge in [-0.1, -0.05) is 17.3 Å². The highest BCUT2D eigenvalue weighted by Gasteiger charge is 2.27. The number of aromatic nitrogens is 3. The molecule has 2 amide bonds. The van der Waals surface area contributed by atoms with Gasteiger partial charge in [0.2, 0.25) is 15.9 Å². The van der Waals surface area contributed by atoms with Crippen LogP contribution in [0.25, 0.3) is 0 Å². The lowest BCUT2D eigenvalue weighted by Gasteiger charge is -2.25. The third kappa shape index (κ3) is 7.49. The number of carbonyl (C=O) groups is 2. The third-order valence-electron chi connectivity index (χ3n) is 6.12. The first-order valence-electron chi connectivity index (χ1n) is 12.1. The molecule has 4 aromatic rings. The number of nitrogens with one attached hydrogen (secondary N) is 1. The standard InChI is InChI=1S/C27H26F2N6O5S/c1-34(21-5-7-22(40-2)8-6-21)27(37)24(13-18-11-19(28)14-20(29)12-18)31-26(36)25-16-35(33-32-25)15-17-3-9-23(10-4-17)41(30,38)39/h3-12,14,16,24H,13,15H2,1-2H3,(H,31,36)(H2,30,38,39). The Kier molecular flexibility index (Phi) is 8.74. The van der Waals surface area contributed by atoms with Crippen LogP contribution in [0.5, 0.6) is 5.75 Å². The monoisotopic (exact) mass is 584 g/mol. The van der Waals surface area contributed by atoms with Crippen LogP contribution >= 0.6 is 0 Å². The molecule has 1 aromatic heterocycles. The summed E-state index contributed by atoms with van der Waals surface area (Å²) in [6.45, 7) is 0.163. The first kappa shape index (κ1) is 29.3. The highest BCUT2D eigenvalue weighted by Crippen LogP contribution is 2.20. The maximum atomic E-state index is 13.9. The van der Waals surface area contributed by atoms with E-state index in [0.717, 1.165) is 12.1 Å². The summed E-state index contributed by atoms with van der Waals surface area (Å²) in [5.41, 5.74) is 1.22. The molecular formula is C27H26F2N6O5S. The number of benzene rings is 3. The van der Waals surface area contributed by atoms with Crippen molar-refractivity contribution < 1.29 is 31.5 Å². The fourth-order valence-electron chi connectivity index (χ4n) is 4.01. The molecule has 0 aliphatic heterocycles. The Morgan fingerprint density at radius 1 is 1.02 bits per heavy atom. The van der Waals surface area contributed by atoms with E-state index in [1.54, 1.807) is 36.4 Å². The normalized spacial score (nSPS) is 12.0. The van der Waals surface area contributed by atoms with Crippen LogP contribution < -0.4 is 20.1 Å². The van der Waals surface area contributed by atoms with Crippen molar-refractivity contribution in [2.75, 3.05) is 19.1 Å². The van der Waals surface area contributed by atoms with Gasteiger partial charge in [-0.3, -0.25) is 9.59 Å². The number of hydrogen-bond donors (Lipinski definition) is 2. The topological polar surface area (TPSA) is 150 Å². The van der Waals surface area contributed by atoms with Gasteiger partial charge in [0.25, 0.3) is 5.91 Å². The van der Waals surface area contributed by atoms with Gasteiger partial charge >= 0.3 is 0 Å². The highest BCUT2D eigenvalue weighted by molar-refractivity contribution is 7.89. The smallest absolute Gasteiger partial charge is 0.274 e. The van der Waals surface area contributed by atoms with Crippen molar-refractivity contribution in [2.45, 2.75) is 23.9 Å². The average molecular weight is 585 g/mol. The number of ether oxygens (including phenoxy) is 1. The van der Waals surface area contributed by atoms with Crippen LogP contribution in [0, 0.1) is 11.6 Å². The number of primary sulfonamides is 1. The molecule has 0 aliphatic rings. The molecule has 4 rings (SSSR count). The maximum absolute atomic E-state index is 13.9. The van der Waals surface area contributed by atoms with Crippen LogP contribution in [-0.2, 0) is 27.8 Å². The zero-order valence-corrected chi connectivity index (χ0v) is 22.8. The van der Waals surface area contributed by atoms with Crippen molar-refractivity contribution in [3.63, 3.8) is 0 Å². The number of rotatable bonds is 10. The number of anilines is 1. The molecule has 0 saturated heterocycles. The Balaban J connectivity index is 1.53. The molecule has 3 N–H and O–H groups in total. The largest absolute Gasteiger partial charge is 0.497 e. The van der Waals surface area contributed by atoms with Gasteiger partial charge < -0.3 is 15.0 Å². The minimum absolute atomic E-state index is 0.0478. The van der Waals surface area contributed by atoms with Gasteiger partial charge in [-0.05, 0) is 59.7 Å². The van der Waals surface area contributed by atoms with Crippen LogP contribution in [0.15, 0.2) is 77.8 Å². The molecule has 0 aliphatic carbocycles. The van der Waals surface area contributed by atoms with Crippen LogP contribution in [0.2, 0.25) is 0 Å². The molecule has 0 bridgehead atoms. The fourth-order valence-corrected chi connectivity index (χ4v) is 4.53. The van der Waals surface area contributed by atoms with Crippen LogP contribution in [0.1, 0.15) is 21.6 Å². The number of carbonyl (C=O) groups excluding carboxylic acids is 2. The number of likely N-dealkylation sites (N-methyl/N-ethyl adjacent to an activating group) is 1. The second kappa shape index (κ2) is 12.2. The Morgan fingerprint density at radius 2 is 1.66 bits per heavy atom. The molecule has 0 fully saturated rings. The van der Waals surface area contributed by atoms with Crippen molar-refractivity contribution in [1.29, 1.82) is 0 Å². The van der Waals surface area contributed by atoms with Gasteiger partial charge in [0.05, 0.1) is 24.7 Å². The lowest BCUT2D eigenvalue weighted by molar-refractivity contribution is -0.120. The van der Waals surface area contributed by atoms with Crippen LogP contribution in [-0.4, -0.2) is 55.4 Å². The summed E-state index contributed by atoms with van der Waals surface area (Å²) in [6, 6.07) is 14.1. The van der Waals surface area contributed by atoms with Gasteiger partial charge in [0, 0.05) is 25.2 Å². The lowest BCUT2D eigenvalue weighted by Crippen LogP contribution is -2.49. The molecule has 0 spiro atoms. The molecule has 11 nitrogen and oxygen atoms in total. The Hall–Kier alpha value is -4.69. The fraction of sp³-hybridized carbons (Fsp3) is 0.185. The first-order valence-corrected chi connectivity index (χ1v) is 13.7. The summed E-state index contributed by atoms with van der Waals surface area (Å²) in [5, 5.41) is 15.5.